The second-order valence-corrected chi connectivity index (χ2v) is 3.91. The smallest absolute Gasteiger partial charge is 0.311 e. The van der Waals surface area contributed by atoms with Crippen molar-refractivity contribution in [2.75, 3.05) is 37.1 Å². The number of ether oxygens (including phenoxy) is 2. The number of nitro groups is 1. The number of anilines is 2. The minimum Gasteiger partial charge on any atom is -0.376 e. The molecule has 1 aromatic heterocycles. The predicted molar refractivity (Wildman–Crippen MR) is 67.8 cm³/mol. The van der Waals surface area contributed by atoms with Gasteiger partial charge in [0.15, 0.2) is 0 Å². The van der Waals surface area contributed by atoms with Crippen molar-refractivity contribution in [2.24, 2.45) is 5.84 Å². The summed E-state index contributed by atoms with van der Waals surface area (Å²) in [5.41, 5.74) is 2.23. The zero-order valence-corrected chi connectivity index (χ0v) is 10.2. The summed E-state index contributed by atoms with van der Waals surface area (Å²) in [6, 6.07) is 2.77. The van der Waals surface area contributed by atoms with E-state index in [1.165, 1.54) is 12.1 Å². The van der Waals surface area contributed by atoms with Crippen LogP contribution in [0.1, 0.15) is 0 Å². The lowest BCUT2D eigenvalue weighted by molar-refractivity contribution is -0.384. The maximum atomic E-state index is 10.9. The van der Waals surface area contributed by atoms with E-state index in [1.807, 2.05) is 0 Å². The van der Waals surface area contributed by atoms with Gasteiger partial charge in [-0.15, -0.1) is 0 Å². The van der Waals surface area contributed by atoms with E-state index in [1.54, 1.807) is 0 Å². The lowest BCUT2D eigenvalue weighted by atomic mass is 10.3. The molecule has 1 atom stereocenters. The Hall–Kier alpha value is -1.97. The first-order chi connectivity index (χ1) is 9.20. The molecule has 0 aromatic carbocycles. The van der Waals surface area contributed by atoms with Crippen LogP contribution in [0.4, 0.5) is 17.3 Å². The molecule has 0 amide bonds. The van der Waals surface area contributed by atoms with Crippen molar-refractivity contribution in [3.05, 3.63) is 22.2 Å². The van der Waals surface area contributed by atoms with Crippen LogP contribution in [0, 0.1) is 10.1 Å². The lowest BCUT2D eigenvalue weighted by Crippen LogP contribution is -2.34. The summed E-state index contributed by atoms with van der Waals surface area (Å²) < 4.78 is 10.7. The summed E-state index contributed by atoms with van der Waals surface area (Å²) in [6.45, 7) is 1.92. The number of hydrogen-bond acceptors (Lipinski definition) is 8. The summed E-state index contributed by atoms with van der Waals surface area (Å²) in [7, 11) is 0. The third-order valence-corrected chi connectivity index (χ3v) is 2.60. The monoisotopic (exact) mass is 269 g/mol. The Morgan fingerprint density at radius 2 is 2.37 bits per heavy atom. The zero-order valence-electron chi connectivity index (χ0n) is 10.2. The molecule has 1 aliphatic heterocycles. The average molecular weight is 269 g/mol. The van der Waals surface area contributed by atoms with E-state index in [0.29, 0.717) is 32.2 Å². The number of hydrogen-bond donors (Lipinski definition) is 3. The topological polar surface area (TPSA) is 125 Å². The lowest BCUT2D eigenvalue weighted by Gasteiger charge is -2.23. The van der Waals surface area contributed by atoms with E-state index in [9.17, 15) is 10.1 Å². The van der Waals surface area contributed by atoms with Gasteiger partial charge in [-0.25, -0.2) is 10.8 Å². The van der Waals surface area contributed by atoms with Crippen molar-refractivity contribution in [1.29, 1.82) is 0 Å². The van der Waals surface area contributed by atoms with Gasteiger partial charge in [0.1, 0.15) is 5.82 Å². The van der Waals surface area contributed by atoms with Gasteiger partial charge in [0, 0.05) is 12.6 Å². The van der Waals surface area contributed by atoms with Crippen LogP contribution in [0.2, 0.25) is 0 Å². The number of nitrogens with two attached hydrogens (primary N) is 1. The fourth-order valence-corrected chi connectivity index (χ4v) is 1.67. The van der Waals surface area contributed by atoms with Crippen LogP contribution in [0.25, 0.3) is 0 Å². The van der Waals surface area contributed by atoms with Crippen LogP contribution in [0.15, 0.2) is 12.1 Å². The maximum absolute atomic E-state index is 10.9. The number of aromatic nitrogens is 1. The first-order valence-corrected chi connectivity index (χ1v) is 5.76. The number of nitrogen functional groups attached to an aromatic ring is 1. The largest absolute Gasteiger partial charge is 0.376 e. The Labute approximate surface area is 109 Å². The van der Waals surface area contributed by atoms with Crippen molar-refractivity contribution >= 4 is 17.3 Å². The Balaban J connectivity index is 2.06. The van der Waals surface area contributed by atoms with Crippen molar-refractivity contribution in [2.45, 2.75) is 6.10 Å². The number of hydrazine groups is 1. The molecule has 1 aliphatic rings. The molecule has 2 heterocycles. The molecule has 1 unspecified atom stereocenters. The SMILES string of the molecule is NNc1ccc([N+](=O)[O-])c(NCC2COCCO2)n1. The van der Waals surface area contributed by atoms with Crippen LogP contribution in [-0.4, -0.2) is 42.4 Å². The van der Waals surface area contributed by atoms with Crippen molar-refractivity contribution in [3.8, 4) is 0 Å². The standard InChI is InChI=1S/C10H15N5O4/c11-14-9-2-1-8(15(16)17)10(13-9)12-5-7-6-18-3-4-19-7/h1-2,7H,3-6,11H2,(H2,12,13,14). The van der Waals surface area contributed by atoms with Crippen LogP contribution in [0.3, 0.4) is 0 Å². The van der Waals surface area contributed by atoms with Crippen LogP contribution < -0.4 is 16.6 Å². The Kier molecular flexibility index (Phi) is 4.44. The predicted octanol–water partition coefficient (Wildman–Crippen LogP) is 0.103. The summed E-state index contributed by atoms with van der Waals surface area (Å²) in [6.07, 6.45) is -0.148. The molecular formula is C10H15N5O4. The zero-order chi connectivity index (χ0) is 13.7. The highest BCUT2D eigenvalue weighted by Crippen LogP contribution is 2.23. The van der Waals surface area contributed by atoms with Crippen molar-refractivity contribution in [1.82, 2.24) is 4.98 Å². The van der Waals surface area contributed by atoms with Gasteiger partial charge in [0.05, 0.1) is 30.8 Å². The summed E-state index contributed by atoms with van der Waals surface area (Å²) in [5.74, 6) is 5.72. The highest BCUT2D eigenvalue weighted by molar-refractivity contribution is 5.60. The van der Waals surface area contributed by atoms with Gasteiger partial charge in [-0.2, -0.15) is 0 Å². The Morgan fingerprint density at radius 3 is 3.00 bits per heavy atom. The highest BCUT2D eigenvalue weighted by atomic mass is 16.6. The first-order valence-electron chi connectivity index (χ1n) is 5.76. The second-order valence-electron chi connectivity index (χ2n) is 3.91. The first kappa shape index (κ1) is 13.5. The van der Waals surface area contributed by atoms with Gasteiger partial charge in [-0.3, -0.25) is 10.1 Å². The highest BCUT2D eigenvalue weighted by Gasteiger charge is 2.19. The van der Waals surface area contributed by atoms with E-state index >= 15 is 0 Å². The van der Waals surface area contributed by atoms with E-state index in [-0.39, 0.29) is 17.6 Å². The molecule has 1 saturated heterocycles. The molecule has 1 aromatic rings. The molecule has 0 bridgehead atoms. The number of nitrogens with zero attached hydrogens (tertiary/aromatic N) is 2. The molecule has 4 N–H and O–H groups in total. The third-order valence-electron chi connectivity index (χ3n) is 2.60. The molecule has 9 nitrogen and oxygen atoms in total. The maximum Gasteiger partial charge on any atom is 0.311 e. The van der Waals surface area contributed by atoms with Gasteiger partial charge in [-0.1, -0.05) is 0 Å². The molecular weight excluding hydrogens is 254 g/mol. The molecule has 0 saturated carbocycles. The van der Waals surface area contributed by atoms with E-state index in [2.05, 4.69) is 15.7 Å². The molecule has 1 fully saturated rings. The number of rotatable bonds is 5. The molecule has 104 valence electrons. The van der Waals surface area contributed by atoms with Gasteiger partial charge in [-0.05, 0) is 6.07 Å². The fraction of sp³-hybridized carbons (Fsp3) is 0.500. The van der Waals surface area contributed by atoms with E-state index in [0.717, 1.165) is 0 Å². The Bertz CT molecular complexity index is 450. The van der Waals surface area contributed by atoms with E-state index in [4.69, 9.17) is 15.3 Å². The molecule has 2 rings (SSSR count). The van der Waals surface area contributed by atoms with Crippen LogP contribution >= 0.6 is 0 Å². The fourth-order valence-electron chi connectivity index (χ4n) is 1.67. The summed E-state index contributed by atoms with van der Waals surface area (Å²) in [5, 5.41) is 13.8. The average Bonchev–Trinajstić information content (AvgIpc) is 2.45. The van der Waals surface area contributed by atoms with Gasteiger partial charge >= 0.3 is 5.69 Å². The van der Waals surface area contributed by atoms with Gasteiger partial charge in [0.2, 0.25) is 5.82 Å². The number of nitrogens with one attached hydrogen (secondary N) is 2. The van der Waals surface area contributed by atoms with Crippen LogP contribution in [0.5, 0.6) is 0 Å². The van der Waals surface area contributed by atoms with Crippen molar-refractivity contribution in [3.63, 3.8) is 0 Å². The van der Waals surface area contributed by atoms with E-state index < -0.39 is 4.92 Å². The molecule has 0 aliphatic carbocycles. The molecule has 19 heavy (non-hydrogen) atoms. The number of pyridine rings is 1. The molecule has 0 spiro atoms. The Morgan fingerprint density at radius 1 is 1.53 bits per heavy atom. The summed E-state index contributed by atoms with van der Waals surface area (Å²) in [4.78, 5) is 14.4. The van der Waals surface area contributed by atoms with Gasteiger partial charge < -0.3 is 20.2 Å². The quantitative estimate of drug-likeness (QED) is 0.390. The minimum atomic E-state index is -0.506. The minimum absolute atomic E-state index is 0.115. The molecule has 9 heteroatoms. The normalized spacial score (nSPS) is 18.9. The van der Waals surface area contributed by atoms with Crippen LogP contribution in [-0.2, 0) is 9.47 Å². The second kappa shape index (κ2) is 6.27. The van der Waals surface area contributed by atoms with Crippen molar-refractivity contribution < 1.29 is 14.4 Å². The molecule has 0 radical (unpaired) electrons. The summed E-state index contributed by atoms with van der Waals surface area (Å²) >= 11 is 0. The third kappa shape index (κ3) is 3.50. The van der Waals surface area contributed by atoms with Gasteiger partial charge in [0.25, 0.3) is 0 Å².